The van der Waals surface area contributed by atoms with Crippen molar-refractivity contribution in [2.24, 2.45) is 17.8 Å². The molecule has 0 spiro atoms. The average Bonchev–Trinajstić information content (AvgIpc) is 3.98. The number of hydrogen-bond acceptors (Lipinski definition) is 11. The molecule has 3 N–H and O–H groups in total. The van der Waals surface area contributed by atoms with Crippen molar-refractivity contribution < 1.29 is 55.0 Å². The Labute approximate surface area is 382 Å². The largest absolute Gasteiger partial charge is 0.491 e. The molecule has 0 bridgehead atoms. The number of nitrogens with zero attached hydrogens (tertiary/aromatic N) is 4. The van der Waals surface area contributed by atoms with Crippen LogP contribution in [0.2, 0.25) is 0 Å². The first-order valence-corrected chi connectivity index (χ1v) is 23.8. The minimum Gasteiger partial charge on any atom is -0.491 e. The molecule has 358 valence electrons. The predicted molar refractivity (Wildman–Crippen MR) is 236 cm³/mol. The molecule has 7 rings (SSSR count). The van der Waals surface area contributed by atoms with Crippen LogP contribution in [0.15, 0.2) is 67.0 Å². The van der Waals surface area contributed by atoms with Gasteiger partial charge in [0.2, 0.25) is 27.4 Å². The number of alkyl carbamates (subject to hydrolysis) is 1. The van der Waals surface area contributed by atoms with Crippen molar-refractivity contribution >= 4 is 33.8 Å². The second-order valence-corrected chi connectivity index (χ2v) is 21.4. The summed E-state index contributed by atoms with van der Waals surface area (Å²) >= 11 is 0. The fourth-order valence-electron chi connectivity index (χ4n) is 8.44. The summed E-state index contributed by atoms with van der Waals surface area (Å²) in [4.78, 5) is 63.0. The van der Waals surface area contributed by atoms with Gasteiger partial charge in [-0.05, 0) is 115 Å². The van der Waals surface area contributed by atoms with Crippen LogP contribution in [0, 0.1) is 17.8 Å². The van der Waals surface area contributed by atoms with Gasteiger partial charge in [-0.25, -0.2) is 22.9 Å². The number of rotatable bonds is 11. The smallest absolute Gasteiger partial charge is 0.427 e. The zero-order valence-corrected chi connectivity index (χ0v) is 38.9. The van der Waals surface area contributed by atoms with Crippen LogP contribution in [-0.2, 0) is 29.1 Å². The highest BCUT2D eigenvalue weighted by Gasteiger charge is 2.63. The first-order valence-electron chi connectivity index (χ1n) is 22.3. The Kier molecular flexibility index (Phi) is 13.3. The molecule has 2 saturated carbocycles. The molecule has 4 amide bonds. The predicted octanol–water partition coefficient (Wildman–Crippen LogP) is 6.39. The molecule has 0 radical (unpaired) electrons. The van der Waals surface area contributed by atoms with Crippen LogP contribution in [0.5, 0.6) is 11.5 Å². The van der Waals surface area contributed by atoms with Gasteiger partial charge in [-0.2, -0.15) is 18.3 Å². The van der Waals surface area contributed by atoms with Crippen LogP contribution in [0.3, 0.4) is 0 Å². The van der Waals surface area contributed by atoms with Crippen molar-refractivity contribution in [3.05, 3.63) is 67.0 Å². The van der Waals surface area contributed by atoms with Crippen LogP contribution in [-0.4, -0.2) is 105 Å². The van der Waals surface area contributed by atoms with E-state index >= 15 is 0 Å². The summed E-state index contributed by atoms with van der Waals surface area (Å²) < 4.78 is 88.1. The molecule has 2 aliphatic carbocycles. The SMILES string of the molecule is CC(C)Oc1ccc(-c2cc(O[C@@H]3C[C@H]4C(=O)N[C@]5(C(=O)NS(=O)(=O)C6(C)CC6)C[C@H]5/C=C\CC[C@H](C)C[C@@H](C)[C@H](NC(=O)OC(C)(C)C(F)(F)F)C(=O)N4C3)cc(-n3cccn3)n2)cc1. The van der Waals surface area contributed by atoms with Gasteiger partial charge in [0.05, 0.1) is 23.1 Å². The number of hydrogen-bond donors (Lipinski definition) is 3. The average molecular weight is 942 g/mol. The van der Waals surface area contributed by atoms with E-state index in [4.69, 9.17) is 19.2 Å². The molecule has 0 unspecified atom stereocenters. The van der Waals surface area contributed by atoms with E-state index in [1.165, 1.54) is 16.5 Å². The van der Waals surface area contributed by atoms with Crippen LogP contribution in [0.25, 0.3) is 17.1 Å². The van der Waals surface area contributed by atoms with Crippen LogP contribution >= 0.6 is 0 Å². The summed E-state index contributed by atoms with van der Waals surface area (Å²) in [6.45, 7) is 10.2. The third kappa shape index (κ3) is 10.5. The molecule has 1 aromatic carbocycles. The highest BCUT2D eigenvalue weighted by molar-refractivity contribution is 7.91. The van der Waals surface area contributed by atoms with E-state index in [1.54, 1.807) is 43.6 Å². The standard InChI is InChI=1S/C46H58F3N7O9S/c1-27(2)63-32-15-13-30(14-16-32)35-22-33(24-37(51-35)56-20-10-19-50-56)64-34-23-36-39(57)53-45(41(59)54-66(61,62)44(7)17-18-44)25-31(45)12-9-8-11-28(3)21-29(4)38(40(58)55(36)26-34)52-42(60)65-43(5,6)46(47,48)49/h9-10,12-16,19-20,22,24,27-29,31,34,36,38H,8,11,17-18,21,23,25-26H2,1-7H3,(H,52,60)(H,53,57)(H,54,59)/b12-9-/t28-,29+,31+,34+,36-,38-,45+/m0/s1. The van der Waals surface area contributed by atoms with Crippen LogP contribution in [0.4, 0.5) is 18.0 Å². The van der Waals surface area contributed by atoms with E-state index in [2.05, 4.69) is 20.5 Å². The molecule has 66 heavy (non-hydrogen) atoms. The summed E-state index contributed by atoms with van der Waals surface area (Å²) in [6, 6.07) is 9.54. The summed E-state index contributed by atoms with van der Waals surface area (Å²) in [5.74, 6) is -2.42. The van der Waals surface area contributed by atoms with E-state index in [-0.39, 0.29) is 31.4 Å². The molecule has 7 atom stereocenters. The normalized spacial score (nSPS) is 27.3. The monoisotopic (exact) mass is 941 g/mol. The van der Waals surface area contributed by atoms with Crippen molar-refractivity contribution in [1.82, 2.24) is 35.0 Å². The summed E-state index contributed by atoms with van der Waals surface area (Å²) in [7, 11) is -4.10. The van der Waals surface area contributed by atoms with Gasteiger partial charge >= 0.3 is 12.3 Å². The fraction of sp³-hybridized carbons (Fsp3) is 0.565. The van der Waals surface area contributed by atoms with Crippen molar-refractivity contribution in [1.29, 1.82) is 0 Å². The molecular formula is C46H58F3N7O9S. The number of alkyl halides is 3. The van der Waals surface area contributed by atoms with Crippen molar-refractivity contribution in [3.8, 4) is 28.6 Å². The maximum Gasteiger partial charge on any atom is 0.427 e. The van der Waals surface area contributed by atoms with E-state index < -0.39 is 85.9 Å². The Morgan fingerprint density at radius 3 is 2.38 bits per heavy atom. The van der Waals surface area contributed by atoms with Gasteiger partial charge in [0, 0.05) is 42.4 Å². The Bertz CT molecular complexity index is 2440. The second-order valence-electron chi connectivity index (χ2n) is 19.2. The third-order valence-electron chi connectivity index (χ3n) is 12.9. The lowest BCUT2D eigenvalue weighted by molar-refractivity contribution is -0.244. The van der Waals surface area contributed by atoms with Crippen LogP contribution < -0.4 is 24.8 Å². The zero-order chi connectivity index (χ0) is 48.0. The summed E-state index contributed by atoms with van der Waals surface area (Å²) in [5, 5.41) is 9.56. The number of fused-ring (bicyclic) bond motifs is 2. The number of halogens is 3. The number of amides is 4. The van der Waals surface area contributed by atoms with Gasteiger partial charge < -0.3 is 29.7 Å². The molecule has 4 heterocycles. The Balaban J connectivity index is 1.24. The summed E-state index contributed by atoms with van der Waals surface area (Å²) in [5.41, 5.74) is -3.36. The van der Waals surface area contributed by atoms with Crippen molar-refractivity contribution in [2.75, 3.05) is 6.54 Å². The fourth-order valence-corrected chi connectivity index (χ4v) is 9.75. The van der Waals surface area contributed by atoms with Gasteiger partial charge in [0.25, 0.3) is 5.91 Å². The Morgan fingerprint density at radius 1 is 1.03 bits per heavy atom. The minimum absolute atomic E-state index is 0.0443. The zero-order valence-electron chi connectivity index (χ0n) is 38.1. The number of carbonyl (C=O) groups is 4. The van der Waals surface area contributed by atoms with E-state index in [0.29, 0.717) is 74.5 Å². The van der Waals surface area contributed by atoms with Crippen LogP contribution in [0.1, 0.15) is 93.4 Å². The molecule has 3 fully saturated rings. The van der Waals surface area contributed by atoms with Gasteiger partial charge in [-0.1, -0.05) is 26.0 Å². The van der Waals surface area contributed by atoms with Gasteiger partial charge in [0.1, 0.15) is 35.2 Å². The van der Waals surface area contributed by atoms with E-state index in [9.17, 15) is 40.8 Å². The Morgan fingerprint density at radius 2 is 1.74 bits per heavy atom. The number of pyridine rings is 1. The van der Waals surface area contributed by atoms with Crippen molar-refractivity contribution in [2.45, 2.75) is 140 Å². The maximum absolute atomic E-state index is 15.0. The topological polar surface area (TPSA) is 200 Å². The second kappa shape index (κ2) is 18.2. The minimum atomic E-state index is -4.93. The lowest BCUT2D eigenvalue weighted by atomic mass is 9.88. The molecule has 3 aromatic rings. The number of nitrogens with one attached hydrogen (secondary N) is 3. The number of allylic oxidation sites excluding steroid dienone is 1. The quantitative estimate of drug-likeness (QED) is 0.180. The number of ether oxygens (including phenoxy) is 3. The molecule has 20 heteroatoms. The number of carbonyl (C=O) groups excluding carboxylic acids is 4. The number of benzene rings is 1. The molecule has 2 aliphatic heterocycles. The first kappa shape index (κ1) is 48.3. The maximum atomic E-state index is 15.0. The highest BCUT2D eigenvalue weighted by atomic mass is 32.2. The molecule has 2 aromatic heterocycles. The first-order chi connectivity index (χ1) is 30.9. The number of sulfonamides is 1. The van der Waals surface area contributed by atoms with E-state index in [0.717, 1.165) is 0 Å². The van der Waals surface area contributed by atoms with Gasteiger partial charge in [-0.3, -0.25) is 19.1 Å². The molecule has 4 aliphatic rings. The van der Waals surface area contributed by atoms with Gasteiger partial charge in [0.15, 0.2) is 5.82 Å². The third-order valence-corrected chi connectivity index (χ3v) is 15.1. The molecular weight excluding hydrogens is 884 g/mol. The lowest BCUT2D eigenvalue weighted by Gasteiger charge is -2.34. The Hall–Kier alpha value is -5.66. The number of aromatic nitrogens is 3. The van der Waals surface area contributed by atoms with Gasteiger partial charge in [-0.15, -0.1) is 0 Å². The molecule has 1 saturated heterocycles. The van der Waals surface area contributed by atoms with E-state index in [1.807, 2.05) is 51.1 Å². The highest BCUT2D eigenvalue weighted by Crippen LogP contribution is 2.48. The summed E-state index contributed by atoms with van der Waals surface area (Å²) in [6.07, 6.45) is 1.76. The lowest BCUT2D eigenvalue weighted by Crippen LogP contribution is -2.59. The van der Waals surface area contributed by atoms with Crippen molar-refractivity contribution in [3.63, 3.8) is 0 Å². The molecule has 16 nitrogen and oxygen atoms in total.